The van der Waals surface area contributed by atoms with Crippen LogP contribution in [0, 0.1) is 5.92 Å². The number of carbonyl (C=O) groups excluding carboxylic acids is 1. The van der Waals surface area contributed by atoms with E-state index in [1.54, 1.807) is 11.0 Å². The molecule has 4 aliphatic rings. The molecule has 2 aliphatic heterocycles. The standard InChI is InChI=1S/C23H32BN3O6/c25-7-8-26-14-3-1-13(2-4-14)9-20(28)27-11-15(12-27)32-19-6-5-16-17-10-18(17)24(31)33-22(16)21(19)23(29)30/h5-6,13-15,17-18,26,31H,1-4,7-12,25H2,(H,29,30)/t13-,14+,17-,18-/m1/s1. The minimum Gasteiger partial charge on any atom is -0.535 e. The Balaban J connectivity index is 1.13. The average molecular weight is 457 g/mol. The lowest BCUT2D eigenvalue weighted by Crippen LogP contribution is -2.56. The Labute approximate surface area is 193 Å². The zero-order chi connectivity index (χ0) is 23.1. The largest absolute Gasteiger partial charge is 0.535 e. The van der Waals surface area contributed by atoms with Gasteiger partial charge in [-0.1, -0.05) is 6.07 Å². The van der Waals surface area contributed by atoms with Gasteiger partial charge in [-0.2, -0.15) is 0 Å². The molecule has 178 valence electrons. The van der Waals surface area contributed by atoms with Crippen molar-refractivity contribution in [3.63, 3.8) is 0 Å². The number of fused-ring (bicyclic) bond motifs is 3. The maximum absolute atomic E-state index is 12.7. The van der Waals surface area contributed by atoms with E-state index in [4.69, 9.17) is 15.1 Å². The number of carboxylic acids is 1. The lowest BCUT2D eigenvalue weighted by atomic mass is 9.77. The number of likely N-dealkylation sites (tertiary alicyclic amines) is 1. The van der Waals surface area contributed by atoms with Crippen LogP contribution in [0.15, 0.2) is 12.1 Å². The predicted molar refractivity (Wildman–Crippen MR) is 122 cm³/mol. The number of carboxylic acid groups (broad SMARTS) is 1. The number of nitrogens with two attached hydrogens (primary N) is 1. The molecule has 0 unspecified atom stereocenters. The summed E-state index contributed by atoms with van der Waals surface area (Å²) in [6.45, 7) is 2.39. The van der Waals surface area contributed by atoms with Crippen molar-refractivity contribution in [3.05, 3.63) is 23.3 Å². The smallest absolute Gasteiger partial charge is 0.526 e. The van der Waals surface area contributed by atoms with E-state index >= 15 is 0 Å². The molecule has 33 heavy (non-hydrogen) atoms. The molecule has 0 spiro atoms. The number of nitrogens with zero attached hydrogens (tertiary/aromatic N) is 1. The molecule has 10 heteroatoms. The first-order valence-corrected chi connectivity index (χ1v) is 12.1. The fraction of sp³-hybridized carbons (Fsp3) is 0.652. The van der Waals surface area contributed by atoms with Crippen molar-refractivity contribution in [1.82, 2.24) is 10.2 Å². The van der Waals surface area contributed by atoms with Crippen LogP contribution in [0.2, 0.25) is 5.82 Å². The minimum atomic E-state index is -1.14. The molecule has 2 atom stereocenters. The van der Waals surface area contributed by atoms with Gasteiger partial charge < -0.3 is 35.5 Å². The maximum atomic E-state index is 12.7. The van der Waals surface area contributed by atoms with Crippen LogP contribution >= 0.6 is 0 Å². The highest BCUT2D eigenvalue weighted by atomic mass is 16.5. The second-order valence-corrected chi connectivity index (χ2v) is 9.88. The van der Waals surface area contributed by atoms with Crippen LogP contribution in [0.5, 0.6) is 11.5 Å². The van der Waals surface area contributed by atoms with E-state index in [0.29, 0.717) is 38.0 Å². The number of carbonyl (C=O) groups is 2. The molecule has 3 fully saturated rings. The van der Waals surface area contributed by atoms with Crippen LogP contribution in [0.4, 0.5) is 0 Å². The third-order valence-corrected chi connectivity index (χ3v) is 7.59. The highest BCUT2D eigenvalue weighted by Crippen LogP contribution is 2.60. The Bertz CT molecular complexity index is 916. The van der Waals surface area contributed by atoms with Gasteiger partial charge in [0.05, 0.1) is 13.1 Å². The van der Waals surface area contributed by atoms with Gasteiger partial charge in [-0.15, -0.1) is 0 Å². The van der Waals surface area contributed by atoms with Gasteiger partial charge in [-0.25, -0.2) is 4.79 Å². The molecule has 5 N–H and O–H groups in total. The van der Waals surface area contributed by atoms with Crippen molar-refractivity contribution in [2.45, 2.75) is 62.4 Å². The normalized spacial score (nSPS) is 28.3. The predicted octanol–water partition coefficient (Wildman–Crippen LogP) is 1.20. The van der Waals surface area contributed by atoms with E-state index in [-0.39, 0.29) is 40.8 Å². The summed E-state index contributed by atoms with van der Waals surface area (Å²) in [5, 5.41) is 23.3. The number of nitrogens with one attached hydrogen (secondary N) is 1. The van der Waals surface area contributed by atoms with Gasteiger partial charge in [0.15, 0.2) is 0 Å². The molecule has 1 saturated heterocycles. The summed E-state index contributed by atoms with van der Waals surface area (Å²) in [4.78, 5) is 26.4. The molecule has 0 aromatic heterocycles. The molecule has 1 amide bonds. The molecule has 2 saturated carbocycles. The zero-order valence-corrected chi connectivity index (χ0v) is 18.7. The molecule has 5 rings (SSSR count). The second kappa shape index (κ2) is 9.16. The van der Waals surface area contributed by atoms with Crippen LogP contribution < -0.4 is 20.4 Å². The number of benzene rings is 1. The van der Waals surface area contributed by atoms with Gasteiger partial charge in [0.2, 0.25) is 5.91 Å². The summed E-state index contributed by atoms with van der Waals surface area (Å²) in [6.07, 6.45) is 5.38. The molecule has 0 bridgehead atoms. The quantitative estimate of drug-likeness (QED) is 0.428. The number of amides is 1. The van der Waals surface area contributed by atoms with Crippen LogP contribution in [0.25, 0.3) is 0 Å². The lowest BCUT2D eigenvalue weighted by Gasteiger charge is -2.40. The summed E-state index contributed by atoms with van der Waals surface area (Å²) in [6, 6.07) is 4.03. The van der Waals surface area contributed by atoms with Gasteiger partial charge in [0.1, 0.15) is 23.2 Å². The first-order valence-electron chi connectivity index (χ1n) is 12.1. The van der Waals surface area contributed by atoms with Crippen molar-refractivity contribution in [1.29, 1.82) is 0 Å². The number of ether oxygens (including phenoxy) is 1. The first-order chi connectivity index (χ1) is 15.9. The van der Waals surface area contributed by atoms with Crippen molar-refractivity contribution in [2.75, 3.05) is 26.2 Å². The van der Waals surface area contributed by atoms with Crippen LogP contribution in [-0.2, 0) is 4.79 Å². The summed E-state index contributed by atoms with van der Waals surface area (Å²) in [5.74, 6) is 0.0689. The van der Waals surface area contributed by atoms with E-state index in [2.05, 4.69) is 5.32 Å². The highest BCUT2D eigenvalue weighted by Gasteiger charge is 2.54. The Hall–Kier alpha value is -2.30. The van der Waals surface area contributed by atoms with Crippen molar-refractivity contribution < 1.29 is 29.1 Å². The molecule has 2 heterocycles. The van der Waals surface area contributed by atoms with Crippen LogP contribution in [0.3, 0.4) is 0 Å². The Morgan fingerprint density at radius 3 is 2.70 bits per heavy atom. The third-order valence-electron chi connectivity index (χ3n) is 7.59. The highest BCUT2D eigenvalue weighted by molar-refractivity contribution is 6.48. The van der Waals surface area contributed by atoms with E-state index in [9.17, 15) is 19.7 Å². The molecule has 1 aromatic rings. The average Bonchev–Trinajstić information content (AvgIpc) is 3.56. The Morgan fingerprint density at radius 2 is 2.00 bits per heavy atom. The van der Waals surface area contributed by atoms with Gasteiger partial charge in [-0.3, -0.25) is 4.79 Å². The monoisotopic (exact) mass is 457 g/mol. The van der Waals surface area contributed by atoms with Crippen molar-refractivity contribution >= 4 is 19.0 Å². The molecule has 2 aliphatic carbocycles. The van der Waals surface area contributed by atoms with E-state index in [1.807, 2.05) is 6.07 Å². The molecular weight excluding hydrogens is 425 g/mol. The lowest BCUT2D eigenvalue weighted by molar-refractivity contribution is -0.141. The number of hydrogen-bond acceptors (Lipinski definition) is 7. The minimum absolute atomic E-state index is 0.0401. The molecule has 1 aromatic carbocycles. The summed E-state index contributed by atoms with van der Waals surface area (Å²) >= 11 is 0. The summed E-state index contributed by atoms with van der Waals surface area (Å²) < 4.78 is 11.5. The Morgan fingerprint density at radius 1 is 1.24 bits per heavy atom. The van der Waals surface area contributed by atoms with Gasteiger partial charge in [0.25, 0.3) is 0 Å². The van der Waals surface area contributed by atoms with E-state index < -0.39 is 13.1 Å². The SMILES string of the molecule is NCCN[C@H]1CC[C@@H](CC(=O)N2CC(Oc3ccc4c(c3C(=O)O)OB(O)[C@@H]3C[C@H]43)C2)CC1. The van der Waals surface area contributed by atoms with Crippen LogP contribution in [-0.4, -0.2) is 72.4 Å². The zero-order valence-electron chi connectivity index (χ0n) is 18.7. The van der Waals surface area contributed by atoms with Gasteiger partial charge in [0, 0.05) is 31.4 Å². The van der Waals surface area contributed by atoms with E-state index in [1.165, 1.54) is 0 Å². The van der Waals surface area contributed by atoms with E-state index in [0.717, 1.165) is 44.2 Å². The summed E-state index contributed by atoms with van der Waals surface area (Å²) in [7, 11) is -0.973. The van der Waals surface area contributed by atoms with Crippen molar-refractivity contribution in [2.24, 2.45) is 11.7 Å². The topological polar surface area (TPSA) is 134 Å². The summed E-state index contributed by atoms with van der Waals surface area (Å²) in [5.41, 5.74) is 6.34. The van der Waals surface area contributed by atoms with Gasteiger partial charge >= 0.3 is 13.1 Å². The third kappa shape index (κ3) is 4.56. The number of aromatic carboxylic acids is 1. The molecular formula is C23H32BN3O6. The maximum Gasteiger partial charge on any atom is 0.526 e. The molecule has 0 radical (unpaired) electrons. The van der Waals surface area contributed by atoms with Crippen molar-refractivity contribution in [3.8, 4) is 11.5 Å². The van der Waals surface area contributed by atoms with Crippen LogP contribution in [0.1, 0.15) is 60.4 Å². The second-order valence-electron chi connectivity index (χ2n) is 9.88. The number of hydrogen-bond donors (Lipinski definition) is 4. The number of rotatable bonds is 8. The molecule has 9 nitrogen and oxygen atoms in total. The first kappa shape index (κ1) is 22.5. The Kier molecular flexibility index (Phi) is 6.24. The van der Waals surface area contributed by atoms with Gasteiger partial charge in [-0.05, 0) is 55.6 Å². The fourth-order valence-corrected chi connectivity index (χ4v) is 5.53. The fourth-order valence-electron chi connectivity index (χ4n) is 5.53.